The van der Waals surface area contributed by atoms with E-state index >= 15 is 0 Å². The zero-order chi connectivity index (χ0) is 28.9. The number of aromatic nitrogens is 6. The molecule has 0 atom stereocenters. The minimum Gasteiger partial charge on any atom is -0.493 e. The molecular weight excluding hydrogens is 556 g/mol. The van der Waals surface area contributed by atoms with Gasteiger partial charge < -0.3 is 33.7 Å². The smallest absolute Gasteiger partial charge is 0.341 e. The first kappa shape index (κ1) is 27.6. The van der Waals surface area contributed by atoms with Crippen molar-refractivity contribution in [1.82, 2.24) is 29.9 Å². The fraction of sp³-hybridized carbons (Fsp3) is 0.259. The van der Waals surface area contributed by atoms with E-state index in [0.717, 1.165) is 0 Å². The molecule has 0 amide bonds. The second kappa shape index (κ2) is 12.1. The van der Waals surface area contributed by atoms with Crippen LogP contribution in [0, 0.1) is 0 Å². The van der Waals surface area contributed by atoms with Gasteiger partial charge in [-0.25, -0.2) is 29.5 Å². The summed E-state index contributed by atoms with van der Waals surface area (Å²) in [4.78, 5) is 46.0. The van der Waals surface area contributed by atoms with Crippen LogP contribution in [-0.2, 0) is 9.47 Å². The topological polar surface area (TPSA) is 163 Å². The van der Waals surface area contributed by atoms with Crippen molar-refractivity contribution in [2.24, 2.45) is 0 Å². The molecule has 4 aromatic heterocycles. The normalized spacial score (nSPS) is 11.7. The van der Waals surface area contributed by atoms with Crippen LogP contribution in [0.25, 0.3) is 33.3 Å². The number of nitrogens with zero attached hydrogens (tertiary/aromatic N) is 4. The zero-order valence-corrected chi connectivity index (χ0v) is 23.1. The summed E-state index contributed by atoms with van der Waals surface area (Å²) in [7, 11) is 0. The molecular formula is C27H25ClN6O7. The Morgan fingerprint density at radius 2 is 1.49 bits per heavy atom. The van der Waals surface area contributed by atoms with E-state index in [1.165, 1.54) is 18.9 Å². The second-order valence-electron chi connectivity index (χ2n) is 8.29. The minimum absolute atomic E-state index is 0.130. The van der Waals surface area contributed by atoms with E-state index in [2.05, 4.69) is 29.9 Å². The predicted molar refractivity (Wildman–Crippen MR) is 147 cm³/mol. The first-order chi connectivity index (χ1) is 20.0. The molecule has 0 saturated carbocycles. The Bertz CT molecular complexity index is 1730. The van der Waals surface area contributed by atoms with Crippen molar-refractivity contribution in [2.75, 3.05) is 26.6 Å². The summed E-state index contributed by atoms with van der Waals surface area (Å²) in [6.07, 6.45) is 5.80. The molecule has 41 heavy (non-hydrogen) atoms. The number of benzene rings is 1. The number of hydrogen-bond donors (Lipinski definition) is 2. The number of hydrogen-bond acceptors (Lipinski definition) is 11. The number of halogens is 1. The lowest BCUT2D eigenvalue weighted by Crippen LogP contribution is -2.04. The molecule has 13 nitrogen and oxygen atoms in total. The third kappa shape index (κ3) is 5.31. The number of esters is 2. The van der Waals surface area contributed by atoms with Crippen molar-refractivity contribution in [2.45, 2.75) is 20.8 Å². The minimum atomic E-state index is -0.439. The van der Waals surface area contributed by atoms with Gasteiger partial charge in [0, 0.05) is 12.4 Å². The Morgan fingerprint density at radius 1 is 0.854 bits per heavy atom. The first-order valence-electron chi connectivity index (χ1n) is 12.7. The maximum Gasteiger partial charge on any atom is 0.341 e. The number of carbonyl (C=O) groups excluding carboxylic acids is 2. The molecule has 5 aromatic rings. The van der Waals surface area contributed by atoms with Gasteiger partial charge in [-0.2, -0.15) is 0 Å². The SMILES string of the molecule is CCOC(=O)c1c[nH]c2c(-c3c(OCC)ccc4c3OCO4)ncnc12.CCOC(=O)c1c[nH]c2c(Cl)ncnc12. The van der Waals surface area contributed by atoms with Crippen molar-refractivity contribution < 1.29 is 33.3 Å². The van der Waals surface area contributed by atoms with Gasteiger partial charge in [0.15, 0.2) is 16.7 Å². The van der Waals surface area contributed by atoms with E-state index in [1.807, 2.05) is 13.0 Å². The zero-order valence-electron chi connectivity index (χ0n) is 22.3. The molecule has 6 rings (SSSR count). The predicted octanol–water partition coefficient (Wildman–Crippen LogP) is 4.72. The first-order valence-corrected chi connectivity index (χ1v) is 13.1. The van der Waals surface area contributed by atoms with E-state index in [9.17, 15) is 9.59 Å². The Kier molecular flexibility index (Phi) is 8.15. The molecule has 0 unspecified atom stereocenters. The van der Waals surface area contributed by atoms with E-state index < -0.39 is 11.9 Å². The van der Waals surface area contributed by atoms with Crippen LogP contribution < -0.4 is 14.2 Å². The monoisotopic (exact) mass is 580 g/mol. The number of H-pyrrole nitrogens is 2. The molecule has 2 N–H and O–H groups in total. The van der Waals surface area contributed by atoms with E-state index in [-0.39, 0.29) is 18.6 Å². The molecule has 0 aliphatic carbocycles. The standard InChI is InChI=1S/C18H17N3O5.C9H8ClN3O2/c1-3-23-11-5-6-12-17(26-9-25-12)13(11)15-16-14(20-8-21-15)10(7-19-16)18(22)24-4-2;1-2-15-9(14)5-3-11-7-6(5)12-4-13-8(7)10/h5-8,19H,3-4,9H2,1-2H3;3-4,11H,2H2,1H3. The maximum atomic E-state index is 12.2. The highest BCUT2D eigenvalue weighted by atomic mass is 35.5. The van der Waals surface area contributed by atoms with Crippen molar-refractivity contribution in [3.05, 3.63) is 53.5 Å². The number of carbonyl (C=O) groups is 2. The van der Waals surface area contributed by atoms with Crippen LogP contribution >= 0.6 is 11.6 Å². The van der Waals surface area contributed by atoms with Gasteiger partial charge in [0.25, 0.3) is 0 Å². The van der Waals surface area contributed by atoms with Gasteiger partial charge in [-0.05, 0) is 32.9 Å². The van der Waals surface area contributed by atoms with E-state index in [1.54, 1.807) is 26.1 Å². The van der Waals surface area contributed by atoms with Crippen LogP contribution in [0.3, 0.4) is 0 Å². The number of rotatable bonds is 7. The molecule has 1 aromatic carbocycles. The van der Waals surface area contributed by atoms with Crippen LogP contribution in [0.15, 0.2) is 37.2 Å². The van der Waals surface area contributed by atoms with Crippen LogP contribution in [0.4, 0.5) is 0 Å². The molecule has 1 aliphatic rings. The summed E-state index contributed by atoms with van der Waals surface area (Å²) < 4.78 is 26.8. The van der Waals surface area contributed by atoms with Crippen LogP contribution in [-0.4, -0.2) is 68.5 Å². The molecule has 5 heterocycles. The quantitative estimate of drug-likeness (QED) is 0.202. The van der Waals surface area contributed by atoms with Gasteiger partial charge in [-0.3, -0.25) is 0 Å². The highest BCUT2D eigenvalue weighted by molar-refractivity contribution is 6.34. The largest absolute Gasteiger partial charge is 0.493 e. The number of aromatic amines is 2. The van der Waals surface area contributed by atoms with Crippen LogP contribution in [0.1, 0.15) is 41.5 Å². The summed E-state index contributed by atoms with van der Waals surface area (Å²) >= 11 is 5.82. The van der Waals surface area contributed by atoms with Crippen LogP contribution in [0.5, 0.6) is 17.2 Å². The lowest BCUT2D eigenvalue weighted by Gasteiger charge is -2.12. The fourth-order valence-electron chi connectivity index (χ4n) is 4.22. The van der Waals surface area contributed by atoms with E-state index in [4.69, 9.17) is 35.3 Å². The van der Waals surface area contributed by atoms with Gasteiger partial charge in [0.1, 0.15) is 51.8 Å². The average molecular weight is 581 g/mol. The van der Waals surface area contributed by atoms with Gasteiger partial charge in [0.05, 0.1) is 30.9 Å². The molecule has 0 saturated heterocycles. The molecule has 0 radical (unpaired) electrons. The molecule has 0 spiro atoms. The van der Waals surface area contributed by atoms with Gasteiger partial charge in [0.2, 0.25) is 6.79 Å². The number of ether oxygens (including phenoxy) is 5. The molecule has 212 valence electrons. The van der Waals surface area contributed by atoms with Crippen molar-refractivity contribution in [3.8, 4) is 28.5 Å². The van der Waals surface area contributed by atoms with Crippen LogP contribution in [0.2, 0.25) is 5.15 Å². The molecule has 0 fully saturated rings. The summed E-state index contributed by atoms with van der Waals surface area (Å²) in [5.41, 5.74) is 4.05. The second-order valence-corrected chi connectivity index (χ2v) is 8.64. The third-order valence-corrected chi connectivity index (χ3v) is 6.20. The number of fused-ring (bicyclic) bond motifs is 3. The van der Waals surface area contributed by atoms with Gasteiger partial charge >= 0.3 is 11.9 Å². The van der Waals surface area contributed by atoms with Crippen molar-refractivity contribution in [1.29, 1.82) is 0 Å². The fourth-order valence-corrected chi connectivity index (χ4v) is 4.41. The summed E-state index contributed by atoms with van der Waals surface area (Å²) in [5.74, 6) is 0.935. The third-order valence-electron chi connectivity index (χ3n) is 5.91. The van der Waals surface area contributed by atoms with Crippen molar-refractivity contribution >= 4 is 45.6 Å². The molecule has 1 aliphatic heterocycles. The lowest BCUT2D eigenvalue weighted by atomic mass is 10.1. The maximum absolute atomic E-state index is 12.2. The highest BCUT2D eigenvalue weighted by Crippen LogP contribution is 2.47. The lowest BCUT2D eigenvalue weighted by molar-refractivity contribution is 0.0518. The Labute approximate surface area is 238 Å². The highest BCUT2D eigenvalue weighted by Gasteiger charge is 2.27. The van der Waals surface area contributed by atoms with E-state index in [0.29, 0.717) is 74.9 Å². The summed E-state index contributed by atoms with van der Waals surface area (Å²) in [5, 5.41) is 0.288. The summed E-state index contributed by atoms with van der Waals surface area (Å²) in [6, 6.07) is 3.61. The van der Waals surface area contributed by atoms with Gasteiger partial charge in [-0.15, -0.1) is 0 Å². The molecule has 14 heteroatoms. The average Bonchev–Trinajstić information content (AvgIpc) is 3.72. The molecule has 0 bridgehead atoms. The Balaban J connectivity index is 0.000000191. The Morgan fingerprint density at radius 3 is 2.15 bits per heavy atom. The van der Waals surface area contributed by atoms with Gasteiger partial charge in [-0.1, -0.05) is 11.6 Å². The van der Waals surface area contributed by atoms with Crippen molar-refractivity contribution in [3.63, 3.8) is 0 Å². The summed E-state index contributed by atoms with van der Waals surface area (Å²) in [6.45, 7) is 6.63. The Hall–Kier alpha value is -4.91. The number of nitrogens with one attached hydrogen (secondary N) is 2.